The van der Waals surface area contributed by atoms with Gasteiger partial charge in [0.15, 0.2) is 0 Å². The largest absolute Gasteiger partial charge is 0.478 e. The third kappa shape index (κ3) is 3.63. The van der Waals surface area contributed by atoms with Gasteiger partial charge in [0.25, 0.3) is 0 Å². The Morgan fingerprint density at radius 3 is 2.12 bits per heavy atom. The number of carboxylic acid groups (broad SMARTS) is 2. The zero-order chi connectivity index (χ0) is 12.1. The van der Waals surface area contributed by atoms with Crippen LogP contribution in [0.25, 0.3) is 0 Å². The summed E-state index contributed by atoms with van der Waals surface area (Å²) in [6.45, 7) is 3.80. The molecule has 16 heavy (non-hydrogen) atoms. The van der Waals surface area contributed by atoms with Crippen LogP contribution in [0.3, 0.4) is 0 Å². The number of carboxylic acids is 2. The lowest BCUT2D eigenvalue weighted by Gasteiger charge is -2.40. The van der Waals surface area contributed by atoms with Gasteiger partial charge in [-0.1, -0.05) is 0 Å². The van der Waals surface area contributed by atoms with Crippen molar-refractivity contribution in [1.82, 2.24) is 10.2 Å². The topological polar surface area (TPSA) is 89.9 Å². The van der Waals surface area contributed by atoms with Crippen molar-refractivity contribution in [3.05, 3.63) is 12.2 Å². The molecule has 0 saturated carbocycles. The third-order valence-corrected chi connectivity index (χ3v) is 2.76. The number of aliphatic carboxylic acids is 2. The Labute approximate surface area is 93.5 Å². The van der Waals surface area contributed by atoms with Crippen molar-refractivity contribution in [3.8, 4) is 0 Å². The second kappa shape index (κ2) is 5.62. The zero-order valence-electron chi connectivity index (χ0n) is 9.09. The lowest BCUT2D eigenvalue weighted by Crippen LogP contribution is -2.52. The number of nitrogens with one attached hydrogen (secondary N) is 1. The van der Waals surface area contributed by atoms with Gasteiger partial charge in [0.05, 0.1) is 0 Å². The van der Waals surface area contributed by atoms with E-state index in [2.05, 4.69) is 17.3 Å². The van der Waals surface area contributed by atoms with Gasteiger partial charge < -0.3 is 20.4 Å². The van der Waals surface area contributed by atoms with Crippen molar-refractivity contribution < 1.29 is 19.8 Å². The molecule has 6 heteroatoms. The lowest BCUT2D eigenvalue weighted by molar-refractivity contribution is -0.134. The summed E-state index contributed by atoms with van der Waals surface area (Å²) in [7, 11) is 2.20. The summed E-state index contributed by atoms with van der Waals surface area (Å²) in [4.78, 5) is 21.5. The Morgan fingerprint density at radius 1 is 1.25 bits per heavy atom. The van der Waals surface area contributed by atoms with Gasteiger partial charge in [-0.05, 0) is 7.05 Å². The molecule has 0 aromatic carbocycles. The Kier molecular flexibility index (Phi) is 4.45. The molecule has 2 unspecified atom stereocenters. The number of carbonyl (C=O) groups is 2. The van der Waals surface area contributed by atoms with Gasteiger partial charge in [0.1, 0.15) is 0 Å². The predicted molar refractivity (Wildman–Crippen MR) is 57.2 cm³/mol. The predicted octanol–water partition coefficient (Wildman–Crippen LogP) is -0.768. The average Bonchev–Trinajstić information content (AvgIpc) is 2.57. The number of fused-ring (bicyclic) bond motifs is 1. The van der Waals surface area contributed by atoms with E-state index < -0.39 is 11.9 Å². The summed E-state index contributed by atoms with van der Waals surface area (Å²) >= 11 is 0. The van der Waals surface area contributed by atoms with Crippen molar-refractivity contribution in [1.29, 1.82) is 0 Å². The standard InChI is InChI=1S/C6H12N2.C4H4O4/c1-8-4-5-2-7-3-6(5)8;5-3(6)1-2-4(7)8/h5-7H,2-4H2,1H3;1-2H,(H,5,6)(H,7,8). The highest BCUT2D eigenvalue weighted by Gasteiger charge is 2.39. The molecule has 90 valence electrons. The van der Waals surface area contributed by atoms with Gasteiger partial charge in [0, 0.05) is 43.7 Å². The number of likely N-dealkylation sites (N-methyl/N-ethyl adjacent to an activating group) is 1. The highest BCUT2D eigenvalue weighted by Crippen LogP contribution is 2.24. The molecule has 0 radical (unpaired) electrons. The summed E-state index contributed by atoms with van der Waals surface area (Å²) in [5, 5.41) is 19.0. The first kappa shape index (κ1) is 12.7. The molecule has 0 spiro atoms. The summed E-state index contributed by atoms with van der Waals surface area (Å²) in [6, 6.07) is 0.884. The van der Waals surface area contributed by atoms with Crippen molar-refractivity contribution >= 4 is 11.9 Å². The van der Waals surface area contributed by atoms with E-state index in [0.717, 1.165) is 12.0 Å². The van der Waals surface area contributed by atoms with Crippen LogP contribution in [0.4, 0.5) is 0 Å². The van der Waals surface area contributed by atoms with Gasteiger partial charge >= 0.3 is 11.9 Å². The maximum atomic E-state index is 9.55. The summed E-state index contributed by atoms with van der Waals surface area (Å²) in [5.41, 5.74) is 0. The van der Waals surface area contributed by atoms with Crippen LogP contribution in [-0.4, -0.2) is 59.8 Å². The second-order valence-corrected chi connectivity index (χ2v) is 3.94. The van der Waals surface area contributed by atoms with Crippen LogP contribution >= 0.6 is 0 Å². The highest BCUT2D eigenvalue weighted by molar-refractivity contribution is 5.89. The highest BCUT2D eigenvalue weighted by atomic mass is 16.4. The van der Waals surface area contributed by atoms with Gasteiger partial charge in [-0.2, -0.15) is 0 Å². The van der Waals surface area contributed by atoms with Crippen LogP contribution < -0.4 is 5.32 Å². The van der Waals surface area contributed by atoms with Crippen LogP contribution in [0, 0.1) is 5.92 Å². The van der Waals surface area contributed by atoms with E-state index in [1.165, 1.54) is 19.6 Å². The first-order valence-electron chi connectivity index (χ1n) is 5.05. The summed E-state index contributed by atoms with van der Waals surface area (Å²) in [6.07, 6.45) is 1.12. The van der Waals surface area contributed by atoms with Gasteiger partial charge in [0.2, 0.25) is 0 Å². The maximum Gasteiger partial charge on any atom is 0.328 e. The monoisotopic (exact) mass is 228 g/mol. The molecule has 0 aromatic rings. The SMILES string of the molecule is CN1CC2CNCC21.O=C(O)C=CC(=O)O. The smallest absolute Gasteiger partial charge is 0.328 e. The molecule has 2 fully saturated rings. The van der Waals surface area contributed by atoms with Crippen LogP contribution in [0.1, 0.15) is 0 Å². The molecule has 0 aliphatic carbocycles. The quantitative estimate of drug-likeness (QED) is 0.538. The third-order valence-electron chi connectivity index (χ3n) is 2.76. The van der Waals surface area contributed by atoms with Gasteiger partial charge in [-0.15, -0.1) is 0 Å². The van der Waals surface area contributed by atoms with Crippen molar-refractivity contribution in [3.63, 3.8) is 0 Å². The molecule has 2 heterocycles. The maximum absolute atomic E-state index is 9.55. The number of rotatable bonds is 2. The van der Waals surface area contributed by atoms with Crippen LogP contribution in [0.2, 0.25) is 0 Å². The van der Waals surface area contributed by atoms with E-state index in [0.29, 0.717) is 12.2 Å². The Bertz CT molecular complexity index is 287. The summed E-state index contributed by atoms with van der Waals surface area (Å²) in [5.74, 6) is -1.53. The second-order valence-electron chi connectivity index (χ2n) is 3.94. The fourth-order valence-electron chi connectivity index (χ4n) is 1.93. The van der Waals surface area contributed by atoms with E-state index >= 15 is 0 Å². The van der Waals surface area contributed by atoms with Crippen molar-refractivity contribution in [2.45, 2.75) is 6.04 Å². The Hall–Kier alpha value is -1.40. The molecule has 2 saturated heterocycles. The minimum Gasteiger partial charge on any atom is -0.478 e. The Balaban J connectivity index is 0.000000160. The number of hydrogen-bond donors (Lipinski definition) is 3. The first-order chi connectivity index (χ1) is 7.50. The molecule has 0 amide bonds. The van der Waals surface area contributed by atoms with E-state index in [4.69, 9.17) is 10.2 Å². The van der Waals surface area contributed by atoms with Crippen LogP contribution in [0.15, 0.2) is 12.2 Å². The minimum absolute atomic E-state index is 0.558. The van der Waals surface area contributed by atoms with E-state index in [9.17, 15) is 9.59 Å². The first-order valence-corrected chi connectivity index (χ1v) is 5.05. The fraction of sp³-hybridized carbons (Fsp3) is 0.600. The molecule has 3 N–H and O–H groups in total. The Morgan fingerprint density at radius 2 is 1.81 bits per heavy atom. The molecular weight excluding hydrogens is 212 g/mol. The van der Waals surface area contributed by atoms with E-state index in [-0.39, 0.29) is 0 Å². The molecule has 0 aromatic heterocycles. The van der Waals surface area contributed by atoms with Crippen molar-refractivity contribution in [2.24, 2.45) is 5.92 Å². The summed E-state index contributed by atoms with van der Waals surface area (Å²) < 4.78 is 0. The molecule has 2 atom stereocenters. The molecule has 2 aliphatic rings. The zero-order valence-corrected chi connectivity index (χ0v) is 9.09. The normalized spacial score (nSPS) is 27.8. The molecular formula is C10H16N2O4. The molecule has 2 aliphatic heterocycles. The molecule has 0 bridgehead atoms. The van der Waals surface area contributed by atoms with Crippen LogP contribution in [0.5, 0.6) is 0 Å². The van der Waals surface area contributed by atoms with Gasteiger partial charge in [-0.25, -0.2) is 9.59 Å². The number of hydrogen-bond acceptors (Lipinski definition) is 4. The van der Waals surface area contributed by atoms with Gasteiger partial charge in [-0.3, -0.25) is 0 Å². The lowest BCUT2D eigenvalue weighted by atomic mass is 9.93. The average molecular weight is 228 g/mol. The van der Waals surface area contributed by atoms with Crippen LogP contribution in [-0.2, 0) is 9.59 Å². The van der Waals surface area contributed by atoms with E-state index in [1.54, 1.807) is 0 Å². The number of nitrogens with zero attached hydrogens (tertiary/aromatic N) is 1. The van der Waals surface area contributed by atoms with Crippen molar-refractivity contribution in [2.75, 3.05) is 26.7 Å². The molecule has 2 rings (SSSR count). The minimum atomic E-state index is -1.26. The fourth-order valence-corrected chi connectivity index (χ4v) is 1.93. The van der Waals surface area contributed by atoms with E-state index in [1.807, 2.05) is 0 Å². The molecule has 6 nitrogen and oxygen atoms in total. The number of likely N-dealkylation sites (tertiary alicyclic amines) is 1.